The molecule has 1 aromatic carbocycles. The minimum atomic E-state index is -0.0926. The molecule has 1 unspecified atom stereocenters. The Kier molecular flexibility index (Phi) is 3.87. The Labute approximate surface area is 100 Å². The van der Waals surface area contributed by atoms with Gasteiger partial charge in [-0.25, -0.2) is 10.1 Å². The molecule has 90 valence electrons. The Morgan fingerprint density at radius 2 is 2.12 bits per heavy atom. The van der Waals surface area contributed by atoms with Crippen LogP contribution in [0.5, 0.6) is 0 Å². The van der Waals surface area contributed by atoms with E-state index in [0.29, 0.717) is 6.61 Å². The predicted molar refractivity (Wildman–Crippen MR) is 65.5 cm³/mol. The number of hydrazine groups is 1. The van der Waals surface area contributed by atoms with Crippen molar-refractivity contribution in [1.29, 1.82) is 0 Å². The molecule has 0 radical (unpaired) electrons. The lowest BCUT2D eigenvalue weighted by molar-refractivity contribution is 0.165. The van der Waals surface area contributed by atoms with Gasteiger partial charge in [-0.1, -0.05) is 18.2 Å². The Hall–Kier alpha value is -1.69. The highest BCUT2D eigenvalue weighted by Gasteiger charge is 2.12. The summed E-state index contributed by atoms with van der Waals surface area (Å²) in [4.78, 5) is 0. The second kappa shape index (κ2) is 5.58. The SMILES string of the molecule is COCC(NN)c1ccn(-c2ccccc2)n1. The lowest BCUT2D eigenvalue weighted by atomic mass is 10.2. The minimum absolute atomic E-state index is 0.0926. The molecule has 0 fully saturated rings. The van der Waals surface area contributed by atoms with Crippen LogP contribution in [-0.4, -0.2) is 23.5 Å². The summed E-state index contributed by atoms with van der Waals surface area (Å²) in [5.41, 5.74) is 4.56. The molecule has 1 heterocycles. The highest BCUT2D eigenvalue weighted by Crippen LogP contribution is 2.12. The quantitative estimate of drug-likeness (QED) is 0.597. The number of hydrogen-bond acceptors (Lipinski definition) is 4. The monoisotopic (exact) mass is 232 g/mol. The Morgan fingerprint density at radius 3 is 2.76 bits per heavy atom. The summed E-state index contributed by atoms with van der Waals surface area (Å²) in [6, 6.07) is 11.8. The van der Waals surface area contributed by atoms with Crippen LogP contribution in [0.4, 0.5) is 0 Å². The van der Waals surface area contributed by atoms with Crippen LogP contribution in [0.1, 0.15) is 11.7 Å². The maximum absolute atomic E-state index is 5.46. The first-order valence-corrected chi connectivity index (χ1v) is 5.41. The van der Waals surface area contributed by atoms with Crippen molar-refractivity contribution in [1.82, 2.24) is 15.2 Å². The topological polar surface area (TPSA) is 65.1 Å². The van der Waals surface area contributed by atoms with Gasteiger partial charge in [0.1, 0.15) is 0 Å². The zero-order chi connectivity index (χ0) is 12.1. The highest BCUT2D eigenvalue weighted by molar-refractivity contribution is 5.30. The standard InChI is InChI=1S/C12H16N4O/c1-17-9-12(14-13)11-7-8-16(15-11)10-5-3-2-4-6-10/h2-8,12,14H,9,13H2,1H3. The Balaban J connectivity index is 2.21. The van der Waals surface area contributed by atoms with Crippen LogP contribution in [0.15, 0.2) is 42.6 Å². The summed E-state index contributed by atoms with van der Waals surface area (Å²) < 4.78 is 6.89. The van der Waals surface area contributed by atoms with Gasteiger partial charge < -0.3 is 4.74 Å². The van der Waals surface area contributed by atoms with Crippen molar-refractivity contribution >= 4 is 0 Å². The van der Waals surface area contributed by atoms with E-state index in [0.717, 1.165) is 11.4 Å². The molecule has 0 spiro atoms. The largest absolute Gasteiger partial charge is 0.383 e. The van der Waals surface area contributed by atoms with E-state index in [1.807, 2.05) is 47.3 Å². The van der Waals surface area contributed by atoms with Gasteiger partial charge in [0.05, 0.1) is 24.0 Å². The summed E-state index contributed by atoms with van der Waals surface area (Å²) >= 11 is 0. The number of methoxy groups -OCH3 is 1. The molecular formula is C12H16N4O. The van der Waals surface area contributed by atoms with Gasteiger partial charge in [-0.15, -0.1) is 0 Å². The van der Waals surface area contributed by atoms with Crippen LogP contribution in [0, 0.1) is 0 Å². The van der Waals surface area contributed by atoms with Gasteiger partial charge in [0, 0.05) is 13.3 Å². The van der Waals surface area contributed by atoms with Gasteiger partial charge in [0.25, 0.3) is 0 Å². The van der Waals surface area contributed by atoms with Gasteiger partial charge in [0.2, 0.25) is 0 Å². The fourth-order valence-electron chi connectivity index (χ4n) is 1.63. The van der Waals surface area contributed by atoms with E-state index in [4.69, 9.17) is 10.6 Å². The van der Waals surface area contributed by atoms with E-state index in [9.17, 15) is 0 Å². The molecule has 0 amide bonds. The number of ether oxygens (including phenoxy) is 1. The number of nitrogens with one attached hydrogen (secondary N) is 1. The van der Waals surface area contributed by atoms with Gasteiger partial charge in [-0.3, -0.25) is 5.84 Å². The fourth-order valence-corrected chi connectivity index (χ4v) is 1.63. The van der Waals surface area contributed by atoms with Gasteiger partial charge in [0.15, 0.2) is 0 Å². The number of benzene rings is 1. The average molecular weight is 232 g/mol. The molecule has 5 heteroatoms. The summed E-state index contributed by atoms with van der Waals surface area (Å²) in [5, 5.41) is 4.46. The summed E-state index contributed by atoms with van der Waals surface area (Å²) in [7, 11) is 1.64. The molecule has 2 rings (SSSR count). The first kappa shape index (κ1) is 11.8. The predicted octanol–water partition coefficient (Wildman–Crippen LogP) is 1.02. The number of aromatic nitrogens is 2. The summed E-state index contributed by atoms with van der Waals surface area (Å²) in [5.74, 6) is 5.46. The van der Waals surface area contributed by atoms with E-state index in [-0.39, 0.29) is 6.04 Å². The molecule has 5 nitrogen and oxygen atoms in total. The van der Waals surface area contributed by atoms with Crippen molar-refractivity contribution in [2.75, 3.05) is 13.7 Å². The zero-order valence-electron chi connectivity index (χ0n) is 9.71. The number of nitrogens with two attached hydrogens (primary N) is 1. The zero-order valence-corrected chi connectivity index (χ0v) is 9.71. The van der Waals surface area contributed by atoms with Crippen LogP contribution in [0.3, 0.4) is 0 Å². The number of rotatable bonds is 5. The molecule has 0 aliphatic carbocycles. The maximum atomic E-state index is 5.46. The Morgan fingerprint density at radius 1 is 1.35 bits per heavy atom. The lowest BCUT2D eigenvalue weighted by Crippen LogP contribution is -2.31. The molecule has 17 heavy (non-hydrogen) atoms. The highest BCUT2D eigenvalue weighted by atomic mass is 16.5. The normalized spacial score (nSPS) is 12.6. The lowest BCUT2D eigenvalue weighted by Gasteiger charge is -2.11. The molecule has 0 saturated heterocycles. The molecule has 0 aliphatic heterocycles. The third kappa shape index (κ3) is 2.71. The summed E-state index contributed by atoms with van der Waals surface area (Å²) in [6.45, 7) is 0.488. The second-order valence-corrected chi connectivity index (χ2v) is 3.70. The Bertz CT molecular complexity index is 455. The number of para-hydroxylation sites is 1. The molecular weight excluding hydrogens is 216 g/mol. The first-order chi connectivity index (χ1) is 8.35. The van der Waals surface area contributed by atoms with Crippen LogP contribution in [-0.2, 0) is 4.74 Å². The van der Waals surface area contributed by atoms with Crippen molar-refractivity contribution in [3.63, 3.8) is 0 Å². The van der Waals surface area contributed by atoms with Crippen LogP contribution < -0.4 is 11.3 Å². The maximum Gasteiger partial charge on any atom is 0.0883 e. The van der Waals surface area contributed by atoms with Gasteiger partial charge >= 0.3 is 0 Å². The molecule has 0 saturated carbocycles. The van der Waals surface area contributed by atoms with E-state index in [1.165, 1.54) is 0 Å². The third-order valence-corrected chi connectivity index (χ3v) is 2.52. The molecule has 0 aliphatic rings. The van der Waals surface area contributed by atoms with Gasteiger partial charge in [-0.2, -0.15) is 5.10 Å². The van der Waals surface area contributed by atoms with Gasteiger partial charge in [-0.05, 0) is 18.2 Å². The number of nitrogens with zero attached hydrogens (tertiary/aromatic N) is 2. The second-order valence-electron chi connectivity index (χ2n) is 3.70. The molecule has 2 aromatic rings. The molecule has 1 aromatic heterocycles. The molecule has 3 N–H and O–H groups in total. The minimum Gasteiger partial charge on any atom is -0.383 e. The van der Waals surface area contributed by atoms with E-state index in [2.05, 4.69) is 10.5 Å². The fraction of sp³-hybridized carbons (Fsp3) is 0.250. The van der Waals surface area contributed by atoms with Crippen molar-refractivity contribution in [3.05, 3.63) is 48.3 Å². The smallest absolute Gasteiger partial charge is 0.0883 e. The number of hydrogen-bond donors (Lipinski definition) is 2. The van der Waals surface area contributed by atoms with Crippen LogP contribution in [0.25, 0.3) is 5.69 Å². The van der Waals surface area contributed by atoms with Crippen molar-refractivity contribution < 1.29 is 4.74 Å². The van der Waals surface area contributed by atoms with Crippen molar-refractivity contribution in [2.24, 2.45) is 5.84 Å². The van der Waals surface area contributed by atoms with Crippen molar-refractivity contribution in [3.8, 4) is 5.69 Å². The molecule has 1 atom stereocenters. The molecule has 0 bridgehead atoms. The van der Waals surface area contributed by atoms with Crippen LogP contribution in [0.2, 0.25) is 0 Å². The first-order valence-electron chi connectivity index (χ1n) is 5.41. The summed E-state index contributed by atoms with van der Waals surface area (Å²) in [6.07, 6.45) is 1.91. The van der Waals surface area contributed by atoms with E-state index >= 15 is 0 Å². The van der Waals surface area contributed by atoms with Crippen molar-refractivity contribution in [2.45, 2.75) is 6.04 Å². The van der Waals surface area contributed by atoms with Crippen LogP contribution >= 0.6 is 0 Å². The van der Waals surface area contributed by atoms with E-state index in [1.54, 1.807) is 7.11 Å². The third-order valence-electron chi connectivity index (χ3n) is 2.52. The average Bonchev–Trinajstić information content (AvgIpc) is 2.86. The van der Waals surface area contributed by atoms with E-state index < -0.39 is 0 Å².